The van der Waals surface area contributed by atoms with E-state index in [0.717, 1.165) is 11.4 Å². The lowest BCUT2D eigenvalue weighted by atomic mass is 10.4. The molecule has 1 rings (SSSR count). The predicted octanol–water partition coefficient (Wildman–Crippen LogP) is 0.769. The number of rotatable bonds is 5. The molecule has 0 radical (unpaired) electrons. The van der Waals surface area contributed by atoms with E-state index in [1.807, 2.05) is 27.7 Å². The van der Waals surface area contributed by atoms with Gasteiger partial charge in [-0.05, 0) is 27.7 Å². The Kier molecular flexibility index (Phi) is 4.81. The number of carbonyl (C=O) groups is 1. The zero-order valence-corrected chi connectivity index (χ0v) is 10.8. The van der Waals surface area contributed by atoms with E-state index in [0.29, 0.717) is 19.0 Å². The first-order valence-corrected chi connectivity index (χ1v) is 5.78. The molecule has 0 spiro atoms. The molecule has 0 atom stereocenters. The molecular formula is C11H19N5O. The molecule has 0 aliphatic heterocycles. The third kappa shape index (κ3) is 3.65. The van der Waals surface area contributed by atoms with Crippen LogP contribution in [0.2, 0.25) is 0 Å². The van der Waals surface area contributed by atoms with Crippen molar-refractivity contribution in [2.45, 2.75) is 27.7 Å². The Hall–Kier alpha value is -1.72. The van der Waals surface area contributed by atoms with E-state index in [-0.39, 0.29) is 12.5 Å². The Morgan fingerprint density at radius 2 is 1.82 bits per heavy atom. The molecule has 0 aliphatic carbocycles. The van der Waals surface area contributed by atoms with Gasteiger partial charge in [-0.15, -0.1) is 5.10 Å². The highest BCUT2D eigenvalue weighted by Gasteiger charge is 2.10. The van der Waals surface area contributed by atoms with E-state index in [4.69, 9.17) is 0 Å². The van der Waals surface area contributed by atoms with E-state index >= 15 is 0 Å². The molecule has 1 amide bonds. The maximum absolute atomic E-state index is 11.7. The summed E-state index contributed by atoms with van der Waals surface area (Å²) in [5.41, 5.74) is 1.61. The summed E-state index contributed by atoms with van der Waals surface area (Å²) in [4.78, 5) is 17.7. The minimum Gasteiger partial charge on any atom is -0.344 e. The van der Waals surface area contributed by atoms with Crippen molar-refractivity contribution in [3.63, 3.8) is 0 Å². The number of nitrogens with zero attached hydrogens (tertiary/aromatic N) is 4. The van der Waals surface area contributed by atoms with Gasteiger partial charge in [0.2, 0.25) is 11.9 Å². The first-order valence-electron chi connectivity index (χ1n) is 5.78. The number of hydrogen-bond acceptors (Lipinski definition) is 5. The van der Waals surface area contributed by atoms with Crippen molar-refractivity contribution in [1.82, 2.24) is 20.1 Å². The standard InChI is InChI=1S/C11H19N5O/c1-5-16(6-2)10(17)7-12-11-13-8(3)9(4)14-15-11/h5-7H2,1-4H3,(H,12,13,15). The number of carbonyl (C=O) groups excluding carboxylic acids is 1. The molecule has 17 heavy (non-hydrogen) atoms. The normalized spacial score (nSPS) is 10.1. The molecule has 6 heteroatoms. The minimum absolute atomic E-state index is 0.0387. The van der Waals surface area contributed by atoms with Crippen molar-refractivity contribution >= 4 is 11.9 Å². The van der Waals surface area contributed by atoms with Crippen molar-refractivity contribution in [2.75, 3.05) is 25.0 Å². The van der Waals surface area contributed by atoms with Gasteiger partial charge in [-0.2, -0.15) is 5.10 Å². The lowest BCUT2D eigenvalue weighted by Gasteiger charge is -2.18. The van der Waals surface area contributed by atoms with Gasteiger partial charge in [0.05, 0.1) is 17.9 Å². The summed E-state index contributed by atoms with van der Waals surface area (Å²) in [6, 6.07) is 0. The van der Waals surface area contributed by atoms with E-state index in [2.05, 4.69) is 20.5 Å². The van der Waals surface area contributed by atoms with Crippen LogP contribution in [-0.4, -0.2) is 45.6 Å². The van der Waals surface area contributed by atoms with Gasteiger partial charge in [-0.3, -0.25) is 4.79 Å². The predicted molar refractivity (Wildman–Crippen MR) is 65.7 cm³/mol. The zero-order valence-electron chi connectivity index (χ0n) is 10.8. The summed E-state index contributed by atoms with van der Waals surface area (Å²) < 4.78 is 0. The third-order valence-electron chi connectivity index (χ3n) is 2.61. The van der Waals surface area contributed by atoms with Crippen molar-refractivity contribution in [3.8, 4) is 0 Å². The fourth-order valence-electron chi connectivity index (χ4n) is 1.37. The first kappa shape index (κ1) is 13.3. The van der Waals surface area contributed by atoms with Crippen molar-refractivity contribution in [1.29, 1.82) is 0 Å². The SMILES string of the molecule is CCN(CC)C(=O)CNc1nnc(C)c(C)n1. The summed E-state index contributed by atoms with van der Waals surface area (Å²) in [7, 11) is 0. The Bertz CT molecular complexity index is 389. The van der Waals surface area contributed by atoms with Gasteiger partial charge in [0, 0.05) is 13.1 Å². The van der Waals surface area contributed by atoms with E-state index in [1.165, 1.54) is 0 Å². The van der Waals surface area contributed by atoms with Crippen LogP contribution in [0.5, 0.6) is 0 Å². The molecule has 1 aromatic rings. The van der Waals surface area contributed by atoms with Crippen LogP contribution >= 0.6 is 0 Å². The minimum atomic E-state index is 0.0387. The highest BCUT2D eigenvalue weighted by atomic mass is 16.2. The quantitative estimate of drug-likeness (QED) is 0.819. The molecule has 1 heterocycles. The number of hydrogen-bond donors (Lipinski definition) is 1. The summed E-state index contributed by atoms with van der Waals surface area (Å²) in [5, 5.41) is 10.7. The summed E-state index contributed by atoms with van der Waals surface area (Å²) in [5.74, 6) is 0.436. The smallest absolute Gasteiger partial charge is 0.243 e. The van der Waals surface area contributed by atoms with Gasteiger partial charge in [0.1, 0.15) is 0 Å². The maximum Gasteiger partial charge on any atom is 0.243 e. The number of aryl methyl sites for hydroxylation is 2. The van der Waals surface area contributed by atoms with Crippen LogP contribution in [0.25, 0.3) is 0 Å². The monoisotopic (exact) mass is 237 g/mol. The number of aromatic nitrogens is 3. The molecule has 0 saturated carbocycles. The van der Waals surface area contributed by atoms with E-state index in [1.54, 1.807) is 4.90 Å². The van der Waals surface area contributed by atoms with Gasteiger partial charge in [-0.25, -0.2) is 4.98 Å². The highest BCUT2D eigenvalue weighted by Crippen LogP contribution is 2.01. The van der Waals surface area contributed by atoms with Gasteiger partial charge in [0.15, 0.2) is 0 Å². The van der Waals surface area contributed by atoms with E-state index < -0.39 is 0 Å². The highest BCUT2D eigenvalue weighted by molar-refractivity contribution is 5.80. The fourth-order valence-corrected chi connectivity index (χ4v) is 1.37. The average Bonchev–Trinajstić information content (AvgIpc) is 2.32. The van der Waals surface area contributed by atoms with Crippen LogP contribution in [-0.2, 0) is 4.79 Å². The zero-order chi connectivity index (χ0) is 12.8. The van der Waals surface area contributed by atoms with Crippen LogP contribution in [0.1, 0.15) is 25.2 Å². The molecule has 1 aromatic heterocycles. The molecule has 0 aliphatic rings. The average molecular weight is 237 g/mol. The molecule has 94 valence electrons. The second kappa shape index (κ2) is 6.12. The molecule has 0 fully saturated rings. The van der Waals surface area contributed by atoms with Gasteiger partial charge in [-0.1, -0.05) is 0 Å². The Morgan fingerprint density at radius 3 is 2.35 bits per heavy atom. The van der Waals surface area contributed by atoms with Crippen molar-refractivity contribution < 1.29 is 4.79 Å². The van der Waals surface area contributed by atoms with Gasteiger partial charge < -0.3 is 10.2 Å². The molecule has 0 unspecified atom stereocenters. The second-order valence-corrected chi connectivity index (χ2v) is 3.73. The van der Waals surface area contributed by atoms with Gasteiger partial charge in [0.25, 0.3) is 0 Å². The van der Waals surface area contributed by atoms with Crippen LogP contribution in [0.15, 0.2) is 0 Å². The summed E-state index contributed by atoms with van der Waals surface area (Å²) in [6.45, 7) is 9.24. The van der Waals surface area contributed by atoms with Crippen LogP contribution in [0.4, 0.5) is 5.95 Å². The molecule has 0 saturated heterocycles. The number of likely N-dealkylation sites (N-methyl/N-ethyl adjacent to an activating group) is 1. The molecule has 1 N–H and O–H groups in total. The van der Waals surface area contributed by atoms with E-state index in [9.17, 15) is 4.79 Å². The van der Waals surface area contributed by atoms with Crippen LogP contribution < -0.4 is 5.32 Å². The number of anilines is 1. The Balaban J connectivity index is 2.55. The Morgan fingerprint density at radius 1 is 1.18 bits per heavy atom. The number of amides is 1. The Labute approximate surface area is 101 Å². The second-order valence-electron chi connectivity index (χ2n) is 3.73. The van der Waals surface area contributed by atoms with Crippen LogP contribution in [0, 0.1) is 13.8 Å². The van der Waals surface area contributed by atoms with Gasteiger partial charge >= 0.3 is 0 Å². The summed E-state index contributed by atoms with van der Waals surface area (Å²) >= 11 is 0. The van der Waals surface area contributed by atoms with Crippen LogP contribution in [0.3, 0.4) is 0 Å². The third-order valence-corrected chi connectivity index (χ3v) is 2.61. The topological polar surface area (TPSA) is 71.0 Å². The lowest BCUT2D eigenvalue weighted by Crippen LogP contribution is -2.35. The molecule has 0 bridgehead atoms. The maximum atomic E-state index is 11.7. The molecule has 6 nitrogen and oxygen atoms in total. The lowest BCUT2D eigenvalue weighted by molar-refractivity contribution is -0.128. The summed E-state index contributed by atoms with van der Waals surface area (Å²) in [6.07, 6.45) is 0. The fraction of sp³-hybridized carbons (Fsp3) is 0.636. The van der Waals surface area contributed by atoms with Crippen molar-refractivity contribution in [2.24, 2.45) is 0 Å². The molecular weight excluding hydrogens is 218 g/mol. The van der Waals surface area contributed by atoms with Crippen molar-refractivity contribution in [3.05, 3.63) is 11.4 Å². The first-order chi connectivity index (χ1) is 8.08. The number of nitrogens with one attached hydrogen (secondary N) is 1. The largest absolute Gasteiger partial charge is 0.344 e. The molecule has 0 aromatic carbocycles.